The lowest BCUT2D eigenvalue weighted by molar-refractivity contribution is -0.119. The second-order valence-corrected chi connectivity index (χ2v) is 38.0. The molecule has 23 heteroatoms. The molecule has 0 saturated carbocycles. The van der Waals surface area contributed by atoms with Gasteiger partial charge in [-0.25, -0.2) is 31.2 Å². The zero-order valence-corrected chi connectivity index (χ0v) is 69.4. The second-order valence-electron chi connectivity index (χ2n) is 31.5. The van der Waals surface area contributed by atoms with Gasteiger partial charge in [-0.2, -0.15) is 4.40 Å². The van der Waals surface area contributed by atoms with Gasteiger partial charge in [-0.05, 0) is 245 Å². The van der Waals surface area contributed by atoms with Crippen molar-refractivity contribution in [1.82, 2.24) is 0 Å². The van der Waals surface area contributed by atoms with Gasteiger partial charge in [0.15, 0.2) is 0 Å². The molecule has 0 fully saturated rings. The Hall–Kier alpha value is -7.27. The van der Waals surface area contributed by atoms with E-state index in [1.54, 1.807) is 88.4 Å². The van der Waals surface area contributed by atoms with Crippen LogP contribution >= 0.6 is 12.2 Å². The highest BCUT2D eigenvalue weighted by Crippen LogP contribution is 2.38. The predicted octanol–water partition coefficient (Wildman–Crippen LogP) is 17.1. The van der Waals surface area contributed by atoms with Gasteiger partial charge in [-0.15, -0.1) is 6.58 Å². The van der Waals surface area contributed by atoms with Gasteiger partial charge in [0.2, 0.25) is 0 Å². The number of benzene rings is 5. The Kier molecular flexibility index (Phi) is 38.2. The number of ketones is 8. The molecule has 5 aromatic rings. The number of hydrogen-bond donors (Lipinski definition) is 1. The minimum atomic E-state index is -1.44. The first kappa shape index (κ1) is 96.7. The smallest absolute Gasteiger partial charge is 0.145 e. The van der Waals surface area contributed by atoms with Crippen molar-refractivity contribution in [2.24, 2.45) is 15.1 Å². The molecule has 0 spiro atoms. The number of carbonyl (C=O) groups excluding carboxylic acids is 8. The maximum atomic E-state index is 14.6. The molecule has 0 aliphatic rings. The molecule has 106 heavy (non-hydrogen) atoms. The minimum absolute atomic E-state index is 0.00199. The van der Waals surface area contributed by atoms with Crippen molar-refractivity contribution in [2.45, 2.75) is 253 Å². The van der Waals surface area contributed by atoms with E-state index < -0.39 is 87.3 Å². The fourth-order valence-corrected chi connectivity index (χ4v) is 14.6. The molecule has 5 rings (SSSR count). The van der Waals surface area contributed by atoms with Gasteiger partial charge in [0.1, 0.15) is 91.9 Å². The van der Waals surface area contributed by atoms with E-state index in [0.717, 1.165) is 16.7 Å². The molecule has 5 aromatic carbocycles. The molecule has 0 saturated heterocycles. The van der Waals surface area contributed by atoms with Crippen molar-refractivity contribution in [3.63, 3.8) is 0 Å². The number of nitrogens with zero attached hydrogens (tertiary/aromatic N) is 2. The number of thiocarbonyl (C=S) groups is 1. The molecule has 0 radical (unpaired) electrons. The zero-order valence-electron chi connectivity index (χ0n) is 66.1. The second kappa shape index (κ2) is 41.9. The summed E-state index contributed by atoms with van der Waals surface area (Å²) in [4.78, 5) is 94.3. The minimum Gasteiger partial charge on any atom is -0.321 e. The first-order chi connectivity index (χ1) is 48.3. The van der Waals surface area contributed by atoms with E-state index in [2.05, 4.69) is 33.3 Å². The highest BCUT2D eigenvalue weighted by Gasteiger charge is 2.38. The average Bonchev–Trinajstić information content (AvgIpc) is 0.809. The Morgan fingerprint density at radius 3 is 1.00 bits per heavy atom. The summed E-state index contributed by atoms with van der Waals surface area (Å²) in [7, 11) is -3.80. The number of aliphatic imine (C=N–C) groups is 1. The molecule has 0 unspecified atom stereocenters. The molecule has 2 N–H and O–H groups in total. The van der Waals surface area contributed by atoms with Crippen molar-refractivity contribution in [3.8, 4) is 0 Å². The number of Topliss-reactive ketones (excluding diaryl/α,β-unsaturated/α-hetero) is 8. The maximum absolute atomic E-state index is 14.6. The largest absolute Gasteiger partial charge is 0.321 e. The van der Waals surface area contributed by atoms with E-state index in [4.69, 9.17) is 5.73 Å². The first-order valence-electron chi connectivity index (χ1n) is 34.5. The molecule has 14 nitrogen and oxygen atoms in total. The van der Waals surface area contributed by atoms with Crippen molar-refractivity contribution < 1.29 is 72.9 Å². The fourth-order valence-electron chi connectivity index (χ4n) is 11.3. The lowest BCUT2D eigenvalue weighted by Crippen LogP contribution is -2.38. The standard InChI is InChI=1S/C20H29FO2S.C19H27FO3S.C15H20FNO2S.C15H16FNO2S.C14H18FNO2/c1-14(2)12-20(7,13-24(23)19(4,5)6)17-11-16(10-15(3)22)8-9-18(17)21;1-13(21)9-15-7-8-17(20)16(10-15)19(6,11-14(2)22)12-24(23)18(3,4)5;1-10(18)8-12-6-7-14(16)13(9-12)11(2)17-20(19)15(3,4)5;1-10(18)6-12-4-5-14(16)13(7-12)15(3,17-9-20)8-11(2)19;1-9(17)6-11-4-5-13(15)12(7-11)14(3,16)8-10(2)18/h8-9,11H,1,10,12-13H2,2-7H3;7-8,10H,9,11-12H2,1-6H3;6-7,9H,8H2,1-5H3;4-5,7H,6,8H2,1-3H3;4-5,7H,6,8,16H2,1-3H3/t20-,24+;19-,24+;20-;15-;14-/m11100/s1. The van der Waals surface area contributed by atoms with Crippen LogP contribution in [0.15, 0.2) is 113 Å². The van der Waals surface area contributed by atoms with Gasteiger partial charge >= 0.3 is 0 Å². The third-order valence-corrected chi connectivity index (χ3v) is 22.3. The van der Waals surface area contributed by atoms with Crippen LogP contribution in [0, 0.1) is 29.1 Å². The monoisotopic (exact) mass is 1550 g/mol. The third-order valence-electron chi connectivity index (χ3n) is 16.1. The lowest BCUT2D eigenvalue weighted by atomic mass is 9.78. The van der Waals surface area contributed by atoms with Gasteiger partial charge in [-0.1, -0.05) is 68.0 Å². The Morgan fingerprint density at radius 2 is 0.698 bits per heavy atom. The summed E-state index contributed by atoms with van der Waals surface area (Å²) in [5.41, 5.74) is 8.94. The summed E-state index contributed by atoms with van der Waals surface area (Å²) in [5, 5.41) is 2.22. The number of rotatable bonds is 29. The molecule has 582 valence electrons. The normalized spacial score (nSPS) is 14.6. The summed E-state index contributed by atoms with van der Waals surface area (Å²) >= 11 is 4.59. The van der Waals surface area contributed by atoms with E-state index in [-0.39, 0.29) is 125 Å². The van der Waals surface area contributed by atoms with Gasteiger partial charge in [0.05, 0.1) is 15.6 Å². The van der Waals surface area contributed by atoms with Crippen LogP contribution < -0.4 is 5.73 Å². The number of hydrogen-bond acceptors (Lipinski definition) is 14. The quantitative estimate of drug-likeness (QED) is 0.0203. The van der Waals surface area contributed by atoms with Crippen LogP contribution in [0.2, 0.25) is 0 Å². The number of allylic oxidation sites excluding steroid dienone is 1. The summed E-state index contributed by atoms with van der Waals surface area (Å²) in [5.74, 6) is -1.87. The Labute approximate surface area is 638 Å². The van der Waals surface area contributed by atoms with Crippen molar-refractivity contribution >= 4 is 102 Å². The van der Waals surface area contributed by atoms with Crippen molar-refractivity contribution in [3.05, 3.63) is 188 Å². The predicted molar refractivity (Wildman–Crippen MR) is 424 cm³/mol. The van der Waals surface area contributed by atoms with Gasteiger partial charge in [-0.3, -0.25) is 46.8 Å². The van der Waals surface area contributed by atoms with Crippen LogP contribution in [0.1, 0.15) is 241 Å². The molecular weight excluding hydrogens is 1440 g/mol. The van der Waals surface area contributed by atoms with Crippen LogP contribution in [0.3, 0.4) is 0 Å². The lowest BCUT2D eigenvalue weighted by Gasteiger charge is -2.33. The van der Waals surface area contributed by atoms with E-state index in [1.165, 1.54) is 85.7 Å². The number of carbonyl (C=O) groups is 8. The Balaban J connectivity index is 0.000000665. The van der Waals surface area contributed by atoms with Gasteiger partial charge < -0.3 is 5.73 Å². The number of halogens is 5. The topological polar surface area (TPSA) is 239 Å². The summed E-state index contributed by atoms with van der Waals surface area (Å²) in [6, 6.07) is 22.6. The van der Waals surface area contributed by atoms with Crippen molar-refractivity contribution in [2.75, 3.05) is 11.5 Å². The van der Waals surface area contributed by atoms with E-state index >= 15 is 0 Å². The van der Waals surface area contributed by atoms with Gasteiger partial charge in [0.25, 0.3) is 0 Å². The zero-order chi connectivity index (χ0) is 82.2. The molecule has 0 aliphatic carbocycles. The Bertz CT molecular complexity index is 4080. The molecule has 0 bridgehead atoms. The van der Waals surface area contributed by atoms with E-state index in [9.17, 15) is 72.9 Å². The highest BCUT2D eigenvalue weighted by atomic mass is 32.2. The molecule has 0 aromatic heterocycles. The van der Waals surface area contributed by atoms with E-state index in [1.807, 2.05) is 76.2 Å². The molecule has 0 aliphatic heterocycles. The number of isothiocyanates is 1. The van der Waals surface area contributed by atoms with Crippen LogP contribution in [0.5, 0.6) is 0 Å². The van der Waals surface area contributed by atoms with Gasteiger partial charge in [0, 0.05) is 127 Å². The Morgan fingerprint density at radius 1 is 0.406 bits per heavy atom. The molecular formula is C83H110F5N3O11S4. The van der Waals surface area contributed by atoms with E-state index in [0.29, 0.717) is 51.3 Å². The summed E-state index contributed by atoms with van der Waals surface area (Å²) in [6.45, 7) is 42.9. The van der Waals surface area contributed by atoms with Crippen LogP contribution in [0.25, 0.3) is 0 Å². The van der Waals surface area contributed by atoms with Crippen molar-refractivity contribution in [1.29, 1.82) is 0 Å². The number of nitrogens with two attached hydrogens (primary N) is 1. The van der Waals surface area contributed by atoms with Crippen LogP contribution in [0.4, 0.5) is 22.0 Å². The third kappa shape index (κ3) is 33.9. The summed E-state index contributed by atoms with van der Waals surface area (Å²) < 4.78 is 111. The molecule has 7 atom stereocenters. The molecule has 0 heterocycles. The fraction of sp³-hybridized carbons (Fsp3) is 0.494. The van der Waals surface area contributed by atoms with Crippen LogP contribution in [-0.2, 0) is 125 Å². The SMILES string of the molecule is C=C(C)C[C@](C)(C[S@](=O)C(C)(C)C)c1cc(CC(C)=O)ccc1F.CC(=O)Cc1ccc(F)c(C(C)=N[S@](=O)C(C)(C)C)c1.CC(=O)Cc1ccc(F)c([C@@](C)(N)CC(C)=O)c1.CC(=O)Cc1ccc(F)c([C@](C)(CC(C)=O)C[S@](=O)C(C)(C)C)c1.CC(=O)Cc1ccc(F)c([C@](C)(CC(C)=O)N=C=S)c1. The first-order valence-corrected chi connectivity index (χ1v) is 38.6. The highest BCUT2D eigenvalue weighted by molar-refractivity contribution is 7.86. The maximum Gasteiger partial charge on any atom is 0.145 e. The van der Waals surface area contributed by atoms with Crippen LogP contribution in [-0.4, -0.2) is 95.5 Å². The molecule has 0 amide bonds. The average molecular weight is 1550 g/mol. The summed E-state index contributed by atoms with van der Waals surface area (Å²) in [6.07, 6.45) is 1.94.